The summed E-state index contributed by atoms with van der Waals surface area (Å²) >= 11 is 1.69. The number of hydrogen-bond donors (Lipinski definition) is 1. The standard InChI is InChI=1S/C23H26N2OS/c26-22(25-24-17-10-4-2-1-3-5-11-17)16-27-23-20-14-8-6-12-18(20)19-13-7-9-15-21(19)23/h6-9,12-15,23H,1-5,10-11,16H2,(H,25,26). The molecule has 140 valence electrons. The van der Waals surface area contributed by atoms with Gasteiger partial charge in [-0.15, -0.1) is 11.8 Å². The zero-order chi connectivity index (χ0) is 18.5. The van der Waals surface area contributed by atoms with E-state index in [0.717, 1.165) is 18.6 Å². The second-order valence-corrected chi connectivity index (χ2v) is 8.44. The molecule has 0 atom stereocenters. The molecule has 2 aliphatic rings. The van der Waals surface area contributed by atoms with E-state index in [1.807, 2.05) is 0 Å². The van der Waals surface area contributed by atoms with E-state index in [-0.39, 0.29) is 11.2 Å². The molecule has 4 rings (SSSR count). The van der Waals surface area contributed by atoms with Gasteiger partial charge in [0.05, 0.1) is 11.0 Å². The number of amides is 1. The van der Waals surface area contributed by atoms with Gasteiger partial charge in [-0.3, -0.25) is 4.79 Å². The molecule has 2 aromatic rings. The molecule has 0 saturated heterocycles. The van der Waals surface area contributed by atoms with Gasteiger partial charge in [0.1, 0.15) is 0 Å². The Morgan fingerprint density at radius 1 is 0.889 bits per heavy atom. The van der Waals surface area contributed by atoms with E-state index in [9.17, 15) is 4.79 Å². The maximum atomic E-state index is 12.4. The topological polar surface area (TPSA) is 41.5 Å². The lowest BCUT2D eigenvalue weighted by Crippen LogP contribution is -2.22. The number of benzene rings is 2. The third-order valence-electron chi connectivity index (χ3n) is 5.43. The average molecular weight is 379 g/mol. The van der Waals surface area contributed by atoms with Crippen LogP contribution in [0.2, 0.25) is 0 Å². The van der Waals surface area contributed by atoms with Crippen molar-refractivity contribution in [1.29, 1.82) is 0 Å². The first-order chi connectivity index (χ1) is 13.3. The van der Waals surface area contributed by atoms with Crippen molar-refractivity contribution in [1.82, 2.24) is 5.43 Å². The van der Waals surface area contributed by atoms with Gasteiger partial charge in [0.15, 0.2) is 0 Å². The van der Waals surface area contributed by atoms with E-state index < -0.39 is 0 Å². The molecule has 0 unspecified atom stereocenters. The van der Waals surface area contributed by atoms with E-state index in [1.165, 1.54) is 54.4 Å². The Labute approximate surface area is 165 Å². The fraction of sp³-hybridized carbons (Fsp3) is 0.391. The van der Waals surface area contributed by atoms with Crippen LogP contribution in [0.25, 0.3) is 11.1 Å². The van der Waals surface area contributed by atoms with Crippen LogP contribution in [-0.2, 0) is 4.79 Å². The van der Waals surface area contributed by atoms with Crippen LogP contribution >= 0.6 is 11.8 Å². The van der Waals surface area contributed by atoms with Crippen LogP contribution in [0.4, 0.5) is 0 Å². The number of thioether (sulfide) groups is 1. The van der Waals surface area contributed by atoms with Crippen molar-refractivity contribution in [2.24, 2.45) is 5.10 Å². The lowest BCUT2D eigenvalue weighted by Gasteiger charge is -2.13. The van der Waals surface area contributed by atoms with Crippen LogP contribution in [-0.4, -0.2) is 17.4 Å². The number of carbonyl (C=O) groups is 1. The molecule has 0 radical (unpaired) electrons. The molecule has 2 aromatic carbocycles. The molecule has 4 heteroatoms. The number of hydrazone groups is 1. The first-order valence-corrected chi connectivity index (χ1v) is 11.0. The lowest BCUT2D eigenvalue weighted by molar-refractivity contribution is -0.118. The first-order valence-electron chi connectivity index (χ1n) is 9.97. The van der Waals surface area contributed by atoms with Crippen LogP contribution in [0.1, 0.15) is 61.3 Å². The molecule has 1 saturated carbocycles. The summed E-state index contributed by atoms with van der Waals surface area (Å²) in [4.78, 5) is 12.4. The van der Waals surface area contributed by atoms with Crippen LogP contribution in [0.5, 0.6) is 0 Å². The van der Waals surface area contributed by atoms with Crippen molar-refractivity contribution in [3.05, 3.63) is 59.7 Å². The maximum Gasteiger partial charge on any atom is 0.250 e. The van der Waals surface area contributed by atoms with Gasteiger partial charge in [-0.2, -0.15) is 5.10 Å². The summed E-state index contributed by atoms with van der Waals surface area (Å²) in [6.07, 6.45) is 8.33. The molecule has 3 nitrogen and oxygen atoms in total. The molecule has 27 heavy (non-hydrogen) atoms. The Morgan fingerprint density at radius 3 is 2.07 bits per heavy atom. The first kappa shape index (κ1) is 18.3. The molecule has 0 bridgehead atoms. The number of nitrogens with zero attached hydrogens (tertiary/aromatic N) is 1. The molecular weight excluding hydrogens is 352 g/mol. The van der Waals surface area contributed by atoms with Gasteiger partial charge in [0.2, 0.25) is 5.91 Å². The summed E-state index contributed by atoms with van der Waals surface area (Å²) in [5, 5.41) is 4.64. The number of nitrogens with one attached hydrogen (secondary N) is 1. The average Bonchev–Trinajstić information content (AvgIpc) is 2.99. The summed E-state index contributed by atoms with van der Waals surface area (Å²) in [5.74, 6) is 0.417. The minimum Gasteiger partial charge on any atom is -0.272 e. The van der Waals surface area contributed by atoms with Gasteiger partial charge in [0, 0.05) is 5.71 Å². The van der Waals surface area contributed by atoms with Gasteiger partial charge in [0.25, 0.3) is 0 Å². The summed E-state index contributed by atoms with van der Waals surface area (Å²) in [6, 6.07) is 17.0. The van der Waals surface area contributed by atoms with Crippen LogP contribution in [0.3, 0.4) is 0 Å². The van der Waals surface area contributed by atoms with Crippen molar-refractivity contribution in [2.75, 3.05) is 5.75 Å². The molecule has 1 fully saturated rings. The van der Waals surface area contributed by atoms with Gasteiger partial charge < -0.3 is 0 Å². The molecule has 1 amide bonds. The van der Waals surface area contributed by atoms with Gasteiger partial charge >= 0.3 is 0 Å². The molecule has 0 heterocycles. The quantitative estimate of drug-likeness (QED) is 0.693. The largest absolute Gasteiger partial charge is 0.272 e. The SMILES string of the molecule is O=C(CSC1c2ccccc2-c2ccccc21)NN=C1CCCCCCC1. The van der Waals surface area contributed by atoms with Crippen molar-refractivity contribution in [2.45, 2.75) is 50.2 Å². The number of carbonyl (C=O) groups excluding carboxylic acids is 1. The summed E-state index contributed by atoms with van der Waals surface area (Å²) in [5.41, 5.74) is 9.16. The molecule has 1 N–H and O–H groups in total. The zero-order valence-electron chi connectivity index (χ0n) is 15.6. The minimum absolute atomic E-state index is 0.00331. The smallest absolute Gasteiger partial charge is 0.250 e. The third-order valence-corrected chi connectivity index (χ3v) is 6.70. The van der Waals surface area contributed by atoms with Crippen molar-refractivity contribution in [3.63, 3.8) is 0 Å². The van der Waals surface area contributed by atoms with Crippen molar-refractivity contribution < 1.29 is 4.79 Å². The van der Waals surface area contributed by atoms with E-state index in [1.54, 1.807) is 11.8 Å². The van der Waals surface area contributed by atoms with Crippen molar-refractivity contribution in [3.8, 4) is 11.1 Å². The highest BCUT2D eigenvalue weighted by atomic mass is 32.2. The second-order valence-electron chi connectivity index (χ2n) is 7.35. The van der Waals surface area contributed by atoms with Gasteiger partial charge in [-0.1, -0.05) is 67.8 Å². The predicted octanol–water partition coefficient (Wildman–Crippen LogP) is 5.71. The Morgan fingerprint density at radius 2 is 1.44 bits per heavy atom. The van der Waals surface area contributed by atoms with E-state index in [4.69, 9.17) is 0 Å². The van der Waals surface area contributed by atoms with E-state index in [0.29, 0.717) is 5.75 Å². The highest BCUT2D eigenvalue weighted by Crippen LogP contribution is 2.49. The molecule has 0 aliphatic heterocycles. The second kappa shape index (κ2) is 8.75. The van der Waals surface area contributed by atoms with Gasteiger partial charge in [-0.25, -0.2) is 5.43 Å². The van der Waals surface area contributed by atoms with Crippen LogP contribution in [0, 0.1) is 0 Å². The number of fused-ring (bicyclic) bond motifs is 3. The summed E-state index contributed by atoms with van der Waals surface area (Å²) in [7, 11) is 0. The Hall–Kier alpha value is -2.07. The molecule has 0 spiro atoms. The maximum absolute atomic E-state index is 12.4. The predicted molar refractivity (Wildman–Crippen MR) is 114 cm³/mol. The molecule has 0 aromatic heterocycles. The monoisotopic (exact) mass is 378 g/mol. The number of rotatable bonds is 4. The third kappa shape index (κ3) is 4.27. The van der Waals surface area contributed by atoms with E-state index >= 15 is 0 Å². The Balaban J connectivity index is 1.39. The highest BCUT2D eigenvalue weighted by Gasteiger charge is 2.28. The molecular formula is C23H26N2OS. The highest BCUT2D eigenvalue weighted by molar-refractivity contribution is 8.00. The van der Waals surface area contributed by atoms with Gasteiger partial charge in [-0.05, 0) is 47.9 Å². The molecule has 2 aliphatic carbocycles. The fourth-order valence-corrected chi connectivity index (χ4v) is 5.20. The van der Waals surface area contributed by atoms with Crippen molar-refractivity contribution >= 4 is 23.4 Å². The minimum atomic E-state index is -0.00331. The summed E-state index contributed by atoms with van der Waals surface area (Å²) in [6.45, 7) is 0. The van der Waals surface area contributed by atoms with E-state index in [2.05, 4.69) is 59.1 Å². The van der Waals surface area contributed by atoms with Crippen LogP contribution < -0.4 is 5.43 Å². The fourth-order valence-electron chi connectivity index (χ4n) is 4.05. The summed E-state index contributed by atoms with van der Waals surface area (Å²) < 4.78 is 0. The number of hydrogen-bond acceptors (Lipinski definition) is 3. The Kier molecular flexibility index (Phi) is 5.93. The lowest BCUT2D eigenvalue weighted by atomic mass is 9.99. The normalized spacial score (nSPS) is 16.8. The Bertz CT molecular complexity index is 790. The zero-order valence-corrected chi connectivity index (χ0v) is 16.4. The van der Waals surface area contributed by atoms with Crippen LogP contribution in [0.15, 0.2) is 53.6 Å².